The van der Waals surface area contributed by atoms with Gasteiger partial charge in [0.15, 0.2) is 0 Å². The molecule has 0 aliphatic carbocycles. The number of rotatable bonds is 9. The maximum absolute atomic E-state index is 12.8. The summed E-state index contributed by atoms with van der Waals surface area (Å²) in [5.74, 6) is 0.172. The van der Waals surface area contributed by atoms with Crippen molar-refractivity contribution in [2.75, 3.05) is 6.54 Å². The molecule has 176 valence electrons. The third-order valence-electron chi connectivity index (χ3n) is 6.36. The van der Waals surface area contributed by atoms with E-state index >= 15 is 0 Å². The Morgan fingerprint density at radius 1 is 1.12 bits per heavy atom. The van der Waals surface area contributed by atoms with Gasteiger partial charge in [0.1, 0.15) is 6.54 Å². The normalized spacial score (nSPS) is 18.7. The van der Waals surface area contributed by atoms with Gasteiger partial charge in [-0.25, -0.2) is 0 Å². The number of nitriles is 1. The van der Waals surface area contributed by atoms with E-state index < -0.39 is 24.4 Å². The zero-order valence-corrected chi connectivity index (χ0v) is 21.2. The number of hydrogen-bond acceptors (Lipinski definition) is 6. The number of nitrogens with one attached hydrogen (secondary N) is 2. The van der Waals surface area contributed by atoms with Crippen molar-refractivity contribution >= 4 is 29.8 Å². The van der Waals surface area contributed by atoms with Gasteiger partial charge in [-0.1, -0.05) is 44.2 Å². The molecule has 2 N–H and O–H groups in total. The molecule has 1 aliphatic heterocycles. The second-order valence-electron chi connectivity index (χ2n) is 9.93. The lowest BCUT2D eigenvalue weighted by atomic mass is 9.78. The first kappa shape index (κ1) is 25.4. The Kier molecular flexibility index (Phi) is 8.02. The molecule has 1 aromatic heterocycles. The fraction of sp³-hybridized carbons (Fsp3) is 0.520. The monoisotopic (exact) mass is 467 g/mol. The molecule has 6 nitrogen and oxygen atoms in total. The van der Waals surface area contributed by atoms with Crippen molar-refractivity contribution in [1.82, 2.24) is 10.6 Å². The summed E-state index contributed by atoms with van der Waals surface area (Å²) in [5, 5.41) is 17.2. The third-order valence-corrected chi connectivity index (χ3v) is 7.29. The van der Waals surface area contributed by atoms with Crippen molar-refractivity contribution in [3.8, 4) is 6.07 Å². The Labute approximate surface area is 201 Å². The predicted molar refractivity (Wildman–Crippen MR) is 133 cm³/mol. The van der Waals surface area contributed by atoms with Crippen LogP contribution in [0.25, 0.3) is 0 Å². The smallest absolute Gasteiger partial charge is 0.399 e. The van der Waals surface area contributed by atoms with Gasteiger partial charge in [-0.15, -0.1) is 11.3 Å². The number of benzene rings is 1. The van der Waals surface area contributed by atoms with Crippen LogP contribution in [-0.2, 0) is 14.1 Å². The van der Waals surface area contributed by atoms with Gasteiger partial charge in [-0.2, -0.15) is 5.26 Å². The summed E-state index contributed by atoms with van der Waals surface area (Å²) < 4.78 is 12.4. The van der Waals surface area contributed by atoms with Crippen LogP contribution in [-0.4, -0.2) is 36.8 Å². The zero-order valence-electron chi connectivity index (χ0n) is 20.3. The molecular weight excluding hydrogens is 433 g/mol. The van der Waals surface area contributed by atoms with Gasteiger partial charge in [0.05, 0.1) is 29.4 Å². The Bertz CT molecular complexity index is 952. The first-order valence-corrected chi connectivity index (χ1v) is 12.3. The lowest BCUT2D eigenvalue weighted by Gasteiger charge is -2.32. The summed E-state index contributed by atoms with van der Waals surface area (Å²) in [5.41, 5.74) is 1.24. The Morgan fingerprint density at radius 2 is 1.76 bits per heavy atom. The van der Waals surface area contributed by atoms with Gasteiger partial charge in [0, 0.05) is 4.88 Å². The van der Waals surface area contributed by atoms with Gasteiger partial charge < -0.3 is 14.6 Å². The van der Waals surface area contributed by atoms with Crippen molar-refractivity contribution in [1.29, 1.82) is 5.26 Å². The van der Waals surface area contributed by atoms with E-state index in [1.54, 1.807) is 11.3 Å². The van der Waals surface area contributed by atoms with Gasteiger partial charge in [-0.3, -0.25) is 10.1 Å². The van der Waals surface area contributed by atoms with Crippen LogP contribution < -0.4 is 16.1 Å². The van der Waals surface area contributed by atoms with E-state index in [4.69, 9.17) is 14.6 Å². The molecule has 8 heteroatoms. The molecule has 3 rings (SSSR count). The minimum atomic E-state index is -0.414. The number of hydrogen-bond donors (Lipinski definition) is 2. The van der Waals surface area contributed by atoms with Crippen LogP contribution in [0.2, 0.25) is 0 Å². The highest BCUT2D eigenvalue weighted by Gasteiger charge is 2.51. The first-order chi connectivity index (χ1) is 15.5. The maximum Gasteiger partial charge on any atom is 0.494 e. The lowest BCUT2D eigenvalue weighted by Crippen LogP contribution is -2.46. The molecule has 1 aliphatic rings. The molecule has 0 saturated carbocycles. The number of carbonyl (C=O) groups is 1. The van der Waals surface area contributed by atoms with Gasteiger partial charge >= 0.3 is 7.12 Å². The second kappa shape index (κ2) is 10.4. The fourth-order valence-electron chi connectivity index (χ4n) is 3.80. The van der Waals surface area contributed by atoms with Gasteiger partial charge in [0.25, 0.3) is 0 Å². The van der Waals surface area contributed by atoms with Crippen molar-refractivity contribution in [2.45, 2.75) is 71.2 Å². The predicted octanol–water partition coefficient (Wildman–Crippen LogP) is 3.78. The highest BCUT2D eigenvalue weighted by Crippen LogP contribution is 2.36. The lowest BCUT2D eigenvalue weighted by molar-refractivity contribution is -0.123. The molecule has 1 fully saturated rings. The molecule has 2 aromatic rings. The van der Waals surface area contributed by atoms with E-state index in [0.29, 0.717) is 12.3 Å². The Hall–Kier alpha value is -2.18. The number of carbonyl (C=O) groups excluding carboxylic acids is 1. The van der Waals surface area contributed by atoms with Crippen LogP contribution in [0, 0.1) is 17.2 Å². The SMILES string of the molecule is CC(C)CC(N[C@@H](c1ccc(B2OC(C)(C)C(C)(C)O2)cc1)c1cccs1)C(=O)NCC#N. The van der Waals surface area contributed by atoms with Crippen molar-refractivity contribution in [3.05, 3.63) is 52.2 Å². The topological polar surface area (TPSA) is 83.4 Å². The van der Waals surface area contributed by atoms with Crippen LogP contribution in [0.4, 0.5) is 0 Å². The molecule has 1 aromatic carbocycles. The molecule has 2 heterocycles. The summed E-state index contributed by atoms with van der Waals surface area (Å²) in [6.45, 7) is 12.4. The Balaban J connectivity index is 1.84. The van der Waals surface area contributed by atoms with Crippen LogP contribution in [0.3, 0.4) is 0 Å². The summed E-state index contributed by atoms with van der Waals surface area (Å²) in [6, 6.07) is 13.7. The summed E-state index contributed by atoms with van der Waals surface area (Å²) >= 11 is 1.65. The minimum absolute atomic E-state index is 0.00155. The molecule has 0 radical (unpaired) electrons. The van der Waals surface area contributed by atoms with Crippen LogP contribution in [0.5, 0.6) is 0 Å². The number of nitrogens with zero attached hydrogens (tertiary/aromatic N) is 1. The number of amides is 1. The Morgan fingerprint density at radius 3 is 2.27 bits per heavy atom. The largest absolute Gasteiger partial charge is 0.494 e. The first-order valence-electron chi connectivity index (χ1n) is 11.4. The average Bonchev–Trinajstić information content (AvgIpc) is 3.35. The molecule has 33 heavy (non-hydrogen) atoms. The molecule has 0 bridgehead atoms. The van der Waals surface area contributed by atoms with Crippen LogP contribution in [0.1, 0.15) is 64.4 Å². The zero-order chi connectivity index (χ0) is 24.2. The second-order valence-corrected chi connectivity index (χ2v) is 10.9. The van der Waals surface area contributed by atoms with Gasteiger partial charge in [-0.05, 0) is 62.5 Å². The van der Waals surface area contributed by atoms with E-state index in [1.807, 2.05) is 57.3 Å². The van der Waals surface area contributed by atoms with Crippen molar-refractivity contribution in [2.24, 2.45) is 5.92 Å². The highest BCUT2D eigenvalue weighted by molar-refractivity contribution is 7.10. The van der Waals surface area contributed by atoms with E-state index in [9.17, 15) is 4.79 Å². The third kappa shape index (κ3) is 6.04. The highest BCUT2D eigenvalue weighted by atomic mass is 32.1. The fourth-order valence-corrected chi connectivity index (χ4v) is 4.61. The minimum Gasteiger partial charge on any atom is -0.399 e. The molecule has 0 spiro atoms. The summed E-state index contributed by atoms with van der Waals surface area (Å²) in [7, 11) is -0.414. The van der Waals surface area contributed by atoms with E-state index in [-0.39, 0.29) is 18.5 Å². The summed E-state index contributed by atoms with van der Waals surface area (Å²) in [6.07, 6.45) is 0.672. The van der Waals surface area contributed by atoms with E-state index in [0.717, 1.165) is 15.9 Å². The maximum atomic E-state index is 12.8. The van der Waals surface area contributed by atoms with Crippen molar-refractivity contribution < 1.29 is 14.1 Å². The van der Waals surface area contributed by atoms with Crippen molar-refractivity contribution in [3.63, 3.8) is 0 Å². The standard InChI is InChI=1S/C25H34BN3O3S/c1-17(2)16-20(23(30)28-14-13-27)29-22(21-8-7-15-33-21)18-9-11-19(12-10-18)26-31-24(3,4)25(5,6)32-26/h7-12,15,17,20,22,29H,14,16H2,1-6H3,(H,28,30)/t20?,22-/m0/s1. The van der Waals surface area contributed by atoms with E-state index in [2.05, 4.69) is 42.7 Å². The molecule has 1 unspecified atom stereocenters. The molecular formula is C25H34BN3O3S. The van der Waals surface area contributed by atoms with Gasteiger partial charge in [0.2, 0.25) is 5.91 Å². The average molecular weight is 467 g/mol. The molecule has 1 amide bonds. The quantitative estimate of drug-likeness (QED) is 0.433. The number of thiophene rings is 1. The van der Waals surface area contributed by atoms with Crippen LogP contribution >= 0.6 is 11.3 Å². The molecule has 1 saturated heterocycles. The van der Waals surface area contributed by atoms with Crippen LogP contribution in [0.15, 0.2) is 41.8 Å². The summed E-state index contributed by atoms with van der Waals surface area (Å²) in [4.78, 5) is 13.9. The molecule has 2 atom stereocenters. The van der Waals surface area contributed by atoms with E-state index in [1.165, 1.54) is 0 Å².